The van der Waals surface area contributed by atoms with Crippen molar-refractivity contribution in [2.45, 2.75) is 44.6 Å². The molecule has 1 rings (SSSR count). The highest BCUT2D eigenvalue weighted by atomic mass is 32.2. The third-order valence-electron chi connectivity index (χ3n) is 2.88. The minimum atomic E-state index is -3.53. The molecule has 0 aliphatic heterocycles. The van der Waals surface area contributed by atoms with Crippen molar-refractivity contribution in [3.05, 3.63) is 29.3 Å². The highest BCUT2D eigenvalue weighted by Gasteiger charge is 2.21. The molecule has 19 heavy (non-hydrogen) atoms. The van der Waals surface area contributed by atoms with Crippen molar-refractivity contribution in [3.8, 4) is 0 Å². The van der Waals surface area contributed by atoms with Gasteiger partial charge in [-0.2, -0.15) is 0 Å². The molecule has 3 N–H and O–H groups in total. The van der Waals surface area contributed by atoms with Crippen molar-refractivity contribution in [1.82, 2.24) is 4.72 Å². The van der Waals surface area contributed by atoms with Gasteiger partial charge >= 0.3 is 0 Å². The second kappa shape index (κ2) is 6.45. The molecule has 106 valence electrons. The lowest BCUT2D eigenvalue weighted by molar-refractivity contribution is 0.546. The Morgan fingerprint density at radius 3 is 2.53 bits per heavy atom. The average molecular weight is 300 g/mol. The number of hydrogen-bond donors (Lipinski definition) is 2. The zero-order valence-electron chi connectivity index (χ0n) is 11.4. The molecule has 1 aromatic carbocycles. The first-order chi connectivity index (χ1) is 8.76. The smallest absolute Gasteiger partial charge is 0.241 e. The summed E-state index contributed by atoms with van der Waals surface area (Å²) in [5.74, 6) is 0. The van der Waals surface area contributed by atoms with Gasteiger partial charge in [0.05, 0.1) is 9.88 Å². The van der Waals surface area contributed by atoms with Gasteiger partial charge in [-0.3, -0.25) is 0 Å². The Bertz CT molecular complexity index is 568. The second-order valence-electron chi connectivity index (χ2n) is 4.67. The largest absolute Gasteiger partial charge is 0.393 e. The van der Waals surface area contributed by atoms with E-state index in [1.807, 2.05) is 19.9 Å². The monoisotopic (exact) mass is 300 g/mol. The van der Waals surface area contributed by atoms with Gasteiger partial charge in [-0.25, -0.2) is 13.1 Å². The highest BCUT2D eigenvalue weighted by Crippen LogP contribution is 2.17. The summed E-state index contributed by atoms with van der Waals surface area (Å²) in [6, 6.07) is 5.00. The highest BCUT2D eigenvalue weighted by molar-refractivity contribution is 7.89. The standard InChI is InChI=1S/C13H20N2O2S2/c1-4-11(8-13(14)18)15-19(16,17)12-6-5-9(2)7-10(12)3/h5-7,11,15H,4,8H2,1-3H3,(H2,14,18). The molecule has 6 heteroatoms. The normalized spacial score (nSPS) is 13.2. The van der Waals surface area contributed by atoms with Crippen LogP contribution >= 0.6 is 12.2 Å². The predicted molar refractivity (Wildman–Crippen MR) is 81.7 cm³/mol. The number of benzene rings is 1. The van der Waals surface area contributed by atoms with E-state index in [0.717, 1.165) is 11.1 Å². The molecule has 1 aromatic rings. The summed E-state index contributed by atoms with van der Waals surface area (Å²) in [4.78, 5) is 0.620. The molecule has 0 amide bonds. The molecule has 1 unspecified atom stereocenters. The molecule has 0 heterocycles. The van der Waals surface area contributed by atoms with Crippen LogP contribution in [0.25, 0.3) is 0 Å². The Morgan fingerprint density at radius 1 is 1.42 bits per heavy atom. The molecule has 4 nitrogen and oxygen atoms in total. The van der Waals surface area contributed by atoms with Crippen LogP contribution in [0.15, 0.2) is 23.1 Å². The molecule has 0 aromatic heterocycles. The summed E-state index contributed by atoms with van der Waals surface area (Å²) in [5, 5.41) is 0. The Morgan fingerprint density at radius 2 is 2.05 bits per heavy atom. The number of rotatable bonds is 6. The third-order valence-corrected chi connectivity index (χ3v) is 4.73. The fourth-order valence-corrected chi connectivity index (χ4v) is 3.64. The van der Waals surface area contributed by atoms with Crippen molar-refractivity contribution < 1.29 is 8.42 Å². The van der Waals surface area contributed by atoms with Gasteiger partial charge < -0.3 is 5.73 Å². The quantitative estimate of drug-likeness (QED) is 0.789. The van der Waals surface area contributed by atoms with Gasteiger partial charge in [0.1, 0.15) is 0 Å². The molecule has 0 fully saturated rings. The summed E-state index contributed by atoms with van der Waals surface area (Å²) in [6.07, 6.45) is 1.01. The maximum absolute atomic E-state index is 12.3. The molecule has 0 saturated heterocycles. The van der Waals surface area contributed by atoms with E-state index in [-0.39, 0.29) is 6.04 Å². The van der Waals surface area contributed by atoms with Crippen molar-refractivity contribution in [2.75, 3.05) is 0 Å². The van der Waals surface area contributed by atoms with E-state index in [1.54, 1.807) is 19.1 Å². The van der Waals surface area contributed by atoms with Crippen LogP contribution in [0.2, 0.25) is 0 Å². The van der Waals surface area contributed by atoms with E-state index in [4.69, 9.17) is 18.0 Å². The summed E-state index contributed by atoms with van der Waals surface area (Å²) in [5.41, 5.74) is 7.24. The topological polar surface area (TPSA) is 72.2 Å². The lowest BCUT2D eigenvalue weighted by atomic mass is 10.2. The maximum atomic E-state index is 12.3. The van der Waals surface area contributed by atoms with Crippen LogP contribution in [0, 0.1) is 13.8 Å². The SMILES string of the molecule is CCC(CC(N)=S)NS(=O)(=O)c1ccc(C)cc1C. The molecule has 0 radical (unpaired) electrons. The zero-order valence-corrected chi connectivity index (χ0v) is 13.1. The summed E-state index contributed by atoms with van der Waals surface area (Å²) >= 11 is 4.83. The first-order valence-corrected chi connectivity index (χ1v) is 8.03. The summed E-state index contributed by atoms with van der Waals surface area (Å²) < 4.78 is 27.3. The lowest BCUT2D eigenvalue weighted by Gasteiger charge is -2.17. The van der Waals surface area contributed by atoms with Gasteiger partial charge in [-0.15, -0.1) is 0 Å². The van der Waals surface area contributed by atoms with Crippen molar-refractivity contribution in [3.63, 3.8) is 0 Å². The predicted octanol–water partition coefficient (Wildman–Crippen LogP) is 2.04. The minimum absolute atomic E-state index is 0.261. The van der Waals surface area contributed by atoms with Crippen LogP contribution in [-0.4, -0.2) is 19.4 Å². The van der Waals surface area contributed by atoms with Crippen LogP contribution in [0.1, 0.15) is 30.9 Å². The number of nitrogens with two attached hydrogens (primary N) is 1. The van der Waals surface area contributed by atoms with Gasteiger partial charge in [0.15, 0.2) is 0 Å². The Labute approximate surface area is 120 Å². The van der Waals surface area contributed by atoms with Gasteiger partial charge in [-0.1, -0.05) is 36.8 Å². The van der Waals surface area contributed by atoms with E-state index in [1.165, 1.54) is 0 Å². The van der Waals surface area contributed by atoms with Gasteiger partial charge in [-0.05, 0) is 31.9 Å². The lowest BCUT2D eigenvalue weighted by Crippen LogP contribution is -2.37. The van der Waals surface area contributed by atoms with Gasteiger partial charge in [0, 0.05) is 12.5 Å². The number of thiocarbonyl (C=S) groups is 1. The summed E-state index contributed by atoms with van der Waals surface area (Å²) in [6.45, 7) is 5.61. The van der Waals surface area contributed by atoms with Crippen molar-refractivity contribution in [2.24, 2.45) is 5.73 Å². The zero-order chi connectivity index (χ0) is 14.6. The van der Waals surface area contributed by atoms with Gasteiger partial charge in [0.2, 0.25) is 10.0 Å². The fourth-order valence-electron chi connectivity index (χ4n) is 1.90. The number of nitrogens with one attached hydrogen (secondary N) is 1. The molecule has 0 aliphatic rings. The number of sulfonamides is 1. The maximum Gasteiger partial charge on any atom is 0.241 e. The Hall–Kier alpha value is -0.980. The van der Waals surface area contributed by atoms with E-state index in [0.29, 0.717) is 22.7 Å². The van der Waals surface area contributed by atoms with Crippen LogP contribution in [0.3, 0.4) is 0 Å². The van der Waals surface area contributed by atoms with Crippen LogP contribution in [0.4, 0.5) is 0 Å². The van der Waals surface area contributed by atoms with E-state index < -0.39 is 10.0 Å². The van der Waals surface area contributed by atoms with E-state index in [9.17, 15) is 8.42 Å². The van der Waals surface area contributed by atoms with Crippen molar-refractivity contribution in [1.29, 1.82) is 0 Å². The number of hydrogen-bond acceptors (Lipinski definition) is 3. The Balaban J connectivity index is 3.00. The minimum Gasteiger partial charge on any atom is -0.393 e. The fraction of sp³-hybridized carbons (Fsp3) is 0.462. The van der Waals surface area contributed by atoms with Crippen LogP contribution in [0.5, 0.6) is 0 Å². The molecular formula is C13H20N2O2S2. The van der Waals surface area contributed by atoms with E-state index >= 15 is 0 Å². The number of aryl methyl sites for hydroxylation is 2. The van der Waals surface area contributed by atoms with Gasteiger partial charge in [0.25, 0.3) is 0 Å². The third kappa shape index (κ3) is 4.56. The first kappa shape index (κ1) is 16.1. The van der Waals surface area contributed by atoms with Crippen LogP contribution < -0.4 is 10.5 Å². The molecule has 0 aliphatic carbocycles. The van der Waals surface area contributed by atoms with Crippen LogP contribution in [-0.2, 0) is 10.0 Å². The second-order valence-corrected chi connectivity index (χ2v) is 6.87. The Kier molecular flexibility index (Phi) is 5.46. The molecule has 0 spiro atoms. The molecule has 0 bridgehead atoms. The molecule has 0 saturated carbocycles. The van der Waals surface area contributed by atoms with Crippen molar-refractivity contribution >= 4 is 27.2 Å². The molecule has 1 atom stereocenters. The summed E-state index contributed by atoms with van der Waals surface area (Å²) in [7, 11) is -3.53. The molecular weight excluding hydrogens is 280 g/mol. The average Bonchev–Trinajstić information content (AvgIpc) is 2.26. The van der Waals surface area contributed by atoms with E-state index in [2.05, 4.69) is 4.72 Å². The first-order valence-electron chi connectivity index (χ1n) is 6.14.